The van der Waals surface area contributed by atoms with Gasteiger partial charge in [-0.3, -0.25) is 14.9 Å². The standard InChI is InChI=1S/C14H19N3O4/c1-14(2)9-16(8-7-15-14)13(18)10-5-4-6-11(17(19)20)12(10)21-3/h4-6,15H,7-9H2,1-3H3. The number of carbonyl (C=O) groups excluding carboxylic acids is 1. The molecule has 1 fully saturated rings. The van der Waals surface area contributed by atoms with Crippen molar-refractivity contribution in [3.05, 3.63) is 33.9 Å². The molecule has 0 aromatic heterocycles. The van der Waals surface area contributed by atoms with Crippen LogP contribution in [0.25, 0.3) is 0 Å². The molecule has 114 valence electrons. The molecule has 0 spiro atoms. The van der Waals surface area contributed by atoms with Crippen molar-refractivity contribution in [3.63, 3.8) is 0 Å². The van der Waals surface area contributed by atoms with Crippen LogP contribution in [0.5, 0.6) is 5.75 Å². The van der Waals surface area contributed by atoms with E-state index in [1.165, 1.54) is 19.2 Å². The van der Waals surface area contributed by atoms with E-state index < -0.39 is 4.92 Å². The molecule has 21 heavy (non-hydrogen) atoms. The van der Waals surface area contributed by atoms with Gasteiger partial charge in [-0.2, -0.15) is 0 Å². The molecule has 0 unspecified atom stereocenters. The Hall–Kier alpha value is -2.15. The number of hydrogen-bond acceptors (Lipinski definition) is 5. The number of piperazine rings is 1. The van der Waals surface area contributed by atoms with Gasteiger partial charge in [-0.05, 0) is 19.9 Å². The summed E-state index contributed by atoms with van der Waals surface area (Å²) in [6, 6.07) is 4.39. The van der Waals surface area contributed by atoms with E-state index in [9.17, 15) is 14.9 Å². The lowest BCUT2D eigenvalue weighted by atomic mass is 10.0. The normalized spacial score (nSPS) is 17.4. The minimum Gasteiger partial charge on any atom is -0.490 e. The number of rotatable bonds is 3. The first-order valence-corrected chi connectivity index (χ1v) is 6.71. The van der Waals surface area contributed by atoms with Gasteiger partial charge in [0.1, 0.15) is 0 Å². The molecule has 0 atom stereocenters. The van der Waals surface area contributed by atoms with Crippen molar-refractivity contribution >= 4 is 11.6 Å². The van der Waals surface area contributed by atoms with E-state index >= 15 is 0 Å². The number of amides is 1. The van der Waals surface area contributed by atoms with Crippen LogP contribution in [0.2, 0.25) is 0 Å². The molecule has 0 saturated carbocycles. The second-order valence-corrected chi connectivity index (χ2v) is 5.65. The molecule has 1 aliphatic rings. The van der Waals surface area contributed by atoms with E-state index in [-0.39, 0.29) is 28.4 Å². The molecule has 1 saturated heterocycles. The van der Waals surface area contributed by atoms with Gasteiger partial charge < -0.3 is 15.0 Å². The summed E-state index contributed by atoms with van der Waals surface area (Å²) in [5.41, 5.74) is -0.149. The molecule has 0 radical (unpaired) electrons. The fourth-order valence-corrected chi connectivity index (χ4v) is 2.54. The lowest BCUT2D eigenvalue weighted by molar-refractivity contribution is -0.385. The highest BCUT2D eigenvalue weighted by Gasteiger charge is 2.32. The van der Waals surface area contributed by atoms with Crippen molar-refractivity contribution in [2.45, 2.75) is 19.4 Å². The minimum absolute atomic E-state index is 0.0174. The molecular weight excluding hydrogens is 274 g/mol. The third-order valence-electron chi connectivity index (χ3n) is 3.48. The van der Waals surface area contributed by atoms with Crippen molar-refractivity contribution in [1.82, 2.24) is 10.2 Å². The molecule has 1 amide bonds. The van der Waals surface area contributed by atoms with Crippen molar-refractivity contribution in [2.24, 2.45) is 0 Å². The van der Waals surface area contributed by atoms with E-state index in [1.54, 1.807) is 11.0 Å². The molecule has 7 nitrogen and oxygen atoms in total. The SMILES string of the molecule is COc1c(C(=O)N2CCNC(C)(C)C2)cccc1[N+](=O)[O-]. The Balaban J connectivity index is 2.35. The largest absolute Gasteiger partial charge is 0.490 e. The summed E-state index contributed by atoms with van der Waals surface area (Å²) in [6.07, 6.45) is 0. The summed E-state index contributed by atoms with van der Waals surface area (Å²) in [7, 11) is 1.33. The van der Waals surface area contributed by atoms with Crippen molar-refractivity contribution in [1.29, 1.82) is 0 Å². The monoisotopic (exact) mass is 293 g/mol. The molecule has 1 aromatic carbocycles. The maximum atomic E-state index is 12.6. The quantitative estimate of drug-likeness (QED) is 0.673. The lowest BCUT2D eigenvalue weighted by Crippen LogP contribution is -2.58. The predicted molar refractivity (Wildman–Crippen MR) is 77.6 cm³/mol. The first-order valence-electron chi connectivity index (χ1n) is 6.71. The van der Waals surface area contributed by atoms with Crippen LogP contribution in [0.1, 0.15) is 24.2 Å². The van der Waals surface area contributed by atoms with Gasteiger partial charge in [0, 0.05) is 31.2 Å². The maximum Gasteiger partial charge on any atom is 0.311 e. The second kappa shape index (κ2) is 5.69. The number of nitrogens with one attached hydrogen (secondary N) is 1. The zero-order chi connectivity index (χ0) is 15.6. The molecular formula is C14H19N3O4. The van der Waals surface area contributed by atoms with Gasteiger partial charge >= 0.3 is 5.69 Å². The number of hydrogen-bond donors (Lipinski definition) is 1. The first-order chi connectivity index (χ1) is 9.85. The second-order valence-electron chi connectivity index (χ2n) is 5.65. The maximum absolute atomic E-state index is 12.6. The highest BCUT2D eigenvalue weighted by atomic mass is 16.6. The number of nitro groups is 1. The molecule has 1 heterocycles. The van der Waals surface area contributed by atoms with Crippen LogP contribution in [0.4, 0.5) is 5.69 Å². The molecule has 0 aliphatic carbocycles. The van der Waals surface area contributed by atoms with Crippen LogP contribution in [-0.4, -0.2) is 48.0 Å². The van der Waals surface area contributed by atoms with Gasteiger partial charge in [0.05, 0.1) is 17.6 Å². The van der Waals surface area contributed by atoms with E-state index in [4.69, 9.17) is 4.74 Å². The zero-order valence-corrected chi connectivity index (χ0v) is 12.4. The van der Waals surface area contributed by atoms with Gasteiger partial charge in [-0.25, -0.2) is 0 Å². The highest BCUT2D eigenvalue weighted by molar-refractivity contribution is 5.98. The summed E-state index contributed by atoms with van der Waals surface area (Å²) in [4.78, 5) is 24.8. The lowest BCUT2D eigenvalue weighted by Gasteiger charge is -2.39. The number of para-hydroxylation sites is 1. The number of methoxy groups -OCH3 is 1. The summed E-state index contributed by atoms with van der Waals surface area (Å²) in [6.45, 7) is 5.82. The Morgan fingerprint density at radius 3 is 2.76 bits per heavy atom. The van der Waals surface area contributed by atoms with Crippen LogP contribution in [0.15, 0.2) is 18.2 Å². The van der Waals surface area contributed by atoms with Crippen molar-refractivity contribution in [3.8, 4) is 5.75 Å². The number of ether oxygens (including phenoxy) is 1. The summed E-state index contributed by atoms with van der Waals surface area (Å²) < 4.78 is 5.10. The molecule has 2 rings (SSSR count). The average molecular weight is 293 g/mol. The van der Waals surface area contributed by atoms with Gasteiger partial charge in [0.25, 0.3) is 5.91 Å². The van der Waals surface area contributed by atoms with Crippen LogP contribution in [-0.2, 0) is 0 Å². The number of carbonyl (C=O) groups is 1. The third kappa shape index (κ3) is 3.13. The fourth-order valence-electron chi connectivity index (χ4n) is 2.54. The number of nitrogens with zero attached hydrogens (tertiary/aromatic N) is 2. The number of nitro benzene ring substituents is 1. The first kappa shape index (κ1) is 15.2. The Morgan fingerprint density at radius 1 is 1.48 bits per heavy atom. The summed E-state index contributed by atoms with van der Waals surface area (Å²) >= 11 is 0. The minimum atomic E-state index is -0.544. The van der Waals surface area contributed by atoms with E-state index in [0.717, 1.165) is 0 Å². The molecule has 7 heteroatoms. The van der Waals surface area contributed by atoms with Gasteiger partial charge in [-0.1, -0.05) is 6.07 Å². The van der Waals surface area contributed by atoms with E-state index in [1.807, 2.05) is 13.8 Å². The Labute approximate surface area is 123 Å². The van der Waals surface area contributed by atoms with Crippen LogP contribution in [0, 0.1) is 10.1 Å². The third-order valence-corrected chi connectivity index (χ3v) is 3.48. The Morgan fingerprint density at radius 2 is 2.19 bits per heavy atom. The van der Waals surface area contributed by atoms with Gasteiger partial charge in [0.2, 0.25) is 5.75 Å². The van der Waals surface area contributed by atoms with E-state index in [2.05, 4.69) is 5.32 Å². The smallest absolute Gasteiger partial charge is 0.311 e. The van der Waals surface area contributed by atoms with Crippen molar-refractivity contribution in [2.75, 3.05) is 26.7 Å². The van der Waals surface area contributed by atoms with Crippen LogP contribution < -0.4 is 10.1 Å². The summed E-state index contributed by atoms with van der Waals surface area (Å²) in [5.74, 6) is -0.228. The molecule has 1 N–H and O–H groups in total. The number of benzene rings is 1. The van der Waals surface area contributed by atoms with Crippen LogP contribution >= 0.6 is 0 Å². The van der Waals surface area contributed by atoms with Crippen LogP contribution in [0.3, 0.4) is 0 Å². The van der Waals surface area contributed by atoms with Gasteiger partial charge in [0.15, 0.2) is 0 Å². The predicted octanol–water partition coefficient (Wildman–Crippen LogP) is 1.43. The van der Waals surface area contributed by atoms with E-state index in [0.29, 0.717) is 19.6 Å². The average Bonchev–Trinajstić information content (AvgIpc) is 2.44. The summed E-state index contributed by atoms with van der Waals surface area (Å²) in [5, 5.41) is 14.3. The van der Waals surface area contributed by atoms with Crippen molar-refractivity contribution < 1.29 is 14.5 Å². The molecule has 1 aromatic rings. The topological polar surface area (TPSA) is 84.7 Å². The fraction of sp³-hybridized carbons (Fsp3) is 0.500. The molecule has 1 aliphatic heterocycles. The zero-order valence-electron chi connectivity index (χ0n) is 12.4. The molecule has 0 bridgehead atoms. The Bertz CT molecular complexity index is 571. The highest BCUT2D eigenvalue weighted by Crippen LogP contribution is 2.31. The van der Waals surface area contributed by atoms with Gasteiger partial charge in [-0.15, -0.1) is 0 Å². The Kier molecular flexibility index (Phi) is 4.13.